The molecule has 0 spiro atoms. The summed E-state index contributed by atoms with van der Waals surface area (Å²) in [5, 5.41) is 14.4. The van der Waals surface area contributed by atoms with Crippen LogP contribution < -0.4 is 10.5 Å². The van der Waals surface area contributed by atoms with E-state index in [4.69, 9.17) is 21.4 Å². The minimum absolute atomic E-state index is 0.00472. The number of hydrogen-bond acceptors (Lipinski definition) is 10. The molecule has 5 aromatic rings. The van der Waals surface area contributed by atoms with Crippen LogP contribution in [0.2, 0.25) is 30.7 Å². The summed E-state index contributed by atoms with van der Waals surface area (Å²) in [6.45, 7) is 14.5. The number of carbonyl (C=O) groups excluding carboxylic acids is 2. The third-order valence-electron chi connectivity index (χ3n) is 13.6. The van der Waals surface area contributed by atoms with Gasteiger partial charge in [0.15, 0.2) is 5.82 Å². The molecule has 1 unspecified atom stereocenters. The zero-order chi connectivity index (χ0) is 44.4. The molecule has 3 aromatic carbocycles. The Morgan fingerprint density at radius 1 is 0.921 bits per heavy atom. The van der Waals surface area contributed by atoms with E-state index in [2.05, 4.69) is 76.5 Å². The fourth-order valence-corrected chi connectivity index (χ4v) is 10.8. The first kappa shape index (κ1) is 43.4. The number of nitrogens with zero attached hydrogens (tertiary/aromatic N) is 9. The first-order valence-electron chi connectivity index (χ1n) is 22.1. The average molecular weight is 899 g/mol. The van der Waals surface area contributed by atoms with Gasteiger partial charge in [-0.2, -0.15) is 9.78 Å². The van der Waals surface area contributed by atoms with Gasteiger partial charge in [0.1, 0.15) is 24.2 Å². The van der Waals surface area contributed by atoms with Crippen molar-refractivity contribution in [3.05, 3.63) is 104 Å². The molecule has 1 atom stereocenters. The molecular formula is C46H54ClF2N9O4Si. The molecule has 0 bridgehead atoms. The van der Waals surface area contributed by atoms with Crippen LogP contribution in [0.4, 0.5) is 14.5 Å². The average Bonchev–Trinajstić information content (AvgIpc) is 3.80. The zero-order valence-corrected chi connectivity index (χ0v) is 38.3. The standard InChI is InChI=1S/C46H54ClF2N9O4Si/c1-46(2)33-11-9-29(23-38(33)57-37-8-6-7-34(47)42(37)43(60)50-45(46)57)28-13-17-54(18-14-28)26-39-51-53-58(52-39)30-15-19-55(20-16-30)31-24-35(48)41(36(49)25-31)32-10-12-40(59)56(44(32)61)27-62-21-22-63(3,4)5/h6-9,11,23-25,28,30,32H,10,12-22,26-27H2,1-5H3. The van der Waals surface area contributed by atoms with Crippen molar-refractivity contribution in [2.45, 2.75) is 108 Å². The third kappa shape index (κ3) is 8.35. The highest BCUT2D eigenvalue weighted by Gasteiger charge is 2.41. The van der Waals surface area contributed by atoms with Crippen LogP contribution in [0, 0.1) is 11.6 Å². The lowest BCUT2D eigenvalue weighted by atomic mass is 9.83. The van der Waals surface area contributed by atoms with Crippen molar-refractivity contribution < 1.29 is 23.1 Å². The Morgan fingerprint density at radius 3 is 2.37 bits per heavy atom. The fourth-order valence-electron chi connectivity index (χ4n) is 9.84. The molecule has 0 aliphatic carbocycles. The second-order valence-electron chi connectivity index (χ2n) is 19.3. The molecule has 0 radical (unpaired) electrons. The predicted molar refractivity (Wildman–Crippen MR) is 239 cm³/mol. The van der Waals surface area contributed by atoms with Gasteiger partial charge in [0, 0.05) is 45.4 Å². The van der Waals surface area contributed by atoms with Gasteiger partial charge in [0.05, 0.1) is 45.5 Å². The van der Waals surface area contributed by atoms with Gasteiger partial charge in [-0.3, -0.25) is 28.8 Å². The maximum absolute atomic E-state index is 15.7. The number of hydrogen-bond donors (Lipinski definition) is 0. The second kappa shape index (κ2) is 16.9. The normalized spacial score (nSPS) is 19.9. The molecule has 6 heterocycles. The largest absolute Gasteiger partial charge is 0.371 e. The van der Waals surface area contributed by atoms with Crippen LogP contribution >= 0.6 is 11.6 Å². The van der Waals surface area contributed by atoms with Crippen LogP contribution in [0.5, 0.6) is 0 Å². The molecule has 4 aliphatic rings. The second-order valence-corrected chi connectivity index (χ2v) is 25.4. The zero-order valence-electron chi connectivity index (χ0n) is 36.5. The van der Waals surface area contributed by atoms with Crippen LogP contribution in [0.3, 0.4) is 0 Å². The number of ether oxygens (including phenoxy) is 1. The molecule has 0 saturated carbocycles. The number of tetrazole rings is 1. The fraction of sp³-hybridized carbons (Fsp3) is 0.500. The summed E-state index contributed by atoms with van der Waals surface area (Å²) in [7, 11) is -1.37. The number of likely N-dealkylation sites (tertiary alicyclic amines) is 2. The smallest absolute Gasteiger partial charge is 0.282 e. The van der Waals surface area contributed by atoms with Crippen molar-refractivity contribution in [2.24, 2.45) is 0 Å². The van der Waals surface area contributed by atoms with Crippen molar-refractivity contribution >= 4 is 48.1 Å². The number of imide groups is 1. The summed E-state index contributed by atoms with van der Waals surface area (Å²) in [6.07, 6.45) is 3.35. The molecule has 17 heteroatoms. The van der Waals surface area contributed by atoms with E-state index in [9.17, 15) is 14.4 Å². The van der Waals surface area contributed by atoms with Gasteiger partial charge in [0.2, 0.25) is 11.8 Å². The Balaban J connectivity index is 0.790. The van der Waals surface area contributed by atoms with Gasteiger partial charge in [-0.1, -0.05) is 49.4 Å². The Morgan fingerprint density at radius 2 is 1.65 bits per heavy atom. The number of halogens is 3. The van der Waals surface area contributed by atoms with E-state index in [-0.39, 0.29) is 42.6 Å². The first-order chi connectivity index (χ1) is 30.1. The number of amides is 2. The molecule has 3 fully saturated rings. The summed E-state index contributed by atoms with van der Waals surface area (Å²) in [4.78, 5) is 50.6. The summed E-state index contributed by atoms with van der Waals surface area (Å²) in [6, 6.07) is 15.7. The first-order valence-corrected chi connectivity index (χ1v) is 26.2. The summed E-state index contributed by atoms with van der Waals surface area (Å²) in [5.74, 6) is -1.92. The van der Waals surface area contributed by atoms with Crippen molar-refractivity contribution in [1.82, 2.24) is 39.6 Å². The molecule has 2 aromatic heterocycles. The van der Waals surface area contributed by atoms with E-state index in [1.165, 1.54) is 17.7 Å². The Labute approximate surface area is 371 Å². The minimum atomic E-state index is -1.37. The number of fused-ring (bicyclic) bond motifs is 5. The van der Waals surface area contributed by atoms with E-state index in [0.29, 0.717) is 66.9 Å². The lowest BCUT2D eigenvalue weighted by Gasteiger charge is -2.34. The van der Waals surface area contributed by atoms with Gasteiger partial charge in [-0.15, -0.1) is 10.2 Å². The van der Waals surface area contributed by atoms with E-state index in [0.717, 1.165) is 59.5 Å². The summed E-state index contributed by atoms with van der Waals surface area (Å²) < 4.78 is 39.2. The van der Waals surface area contributed by atoms with Crippen LogP contribution in [-0.4, -0.2) is 99.0 Å². The van der Waals surface area contributed by atoms with E-state index >= 15 is 8.78 Å². The SMILES string of the molecule is CC1(C)c2ccc(C3CCN(Cc4nnn(C5CCN(c6cc(F)c(C7CCC(=O)N(COCC[Si](C)(C)C)C7=O)c(F)c6)CC5)n4)CC3)cc2-n2c1nc(=O)c1c(Cl)cccc12. The molecule has 0 N–H and O–H groups in total. The highest BCUT2D eigenvalue weighted by Crippen LogP contribution is 2.45. The maximum atomic E-state index is 15.7. The molecule has 4 aliphatic heterocycles. The van der Waals surface area contributed by atoms with Crippen molar-refractivity contribution in [3.8, 4) is 5.69 Å². The van der Waals surface area contributed by atoms with E-state index in [1.54, 1.807) is 10.9 Å². The van der Waals surface area contributed by atoms with Crippen molar-refractivity contribution in [3.63, 3.8) is 0 Å². The van der Waals surface area contributed by atoms with Crippen LogP contribution in [-0.2, 0) is 26.3 Å². The molecule has 13 nitrogen and oxygen atoms in total. The number of rotatable bonds is 11. The number of anilines is 1. The minimum Gasteiger partial charge on any atom is -0.371 e. The maximum Gasteiger partial charge on any atom is 0.282 e. The lowest BCUT2D eigenvalue weighted by molar-refractivity contribution is -0.155. The highest BCUT2D eigenvalue weighted by atomic mass is 35.5. The van der Waals surface area contributed by atoms with Crippen molar-refractivity contribution in [1.29, 1.82) is 0 Å². The van der Waals surface area contributed by atoms with Gasteiger partial charge in [-0.25, -0.2) is 8.78 Å². The summed E-state index contributed by atoms with van der Waals surface area (Å²) in [5.41, 5.74) is 3.60. The number of carbonyl (C=O) groups is 2. The number of aromatic nitrogens is 6. The van der Waals surface area contributed by atoms with E-state index in [1.807, 2.05) is 17.0 Å². The van der Waals surface area contributed by atoms with Crippen molar-refractivity contribution in [2.75, 3.05) is 44.4 Å². The monoisotopic (exact) mass is 897 g/mol. The summed E-state index contributed by atoms with van der Waals surface area (Å²) >= 11 is 6.50. The topological polar surface area (TPSA) is 132 Å². The molecular weight excluding hydrogens is 844 g/mol. The molecule has 332 valence electrons. The van der Waals surface area contributed by atoms with Crippen LogP contribution in [0.25, 0.3) is 16.6 Å². The molecule has 9 rings (SSSR count). The number of benzene rings is 3. The van der Waals surface area contributed by atoms with Crippen LogP contribution in [0.15, 0.2) is 53.3 Å². The quantitative estimate of drug-likeness (QED) is 0.0739. The number of piperidine rings is 3. The molecule has 63 heavy (non-hydrogen) atoms. The van der Waals surface area contributed by atoms with Gasteiger partial charge >= 0.3 is 0 Å². The van der Waals surface area contributed by atoms with Crippen LogP contribution in [0.1, 0.15) is 98.6 Å². The Kier molecular flexibility index (Phi) is 11.6. The van der Waals surface area contributed by atoms with Gasteiger partial charge < -0.3 is 9.64 Å². The van der Waals surface area contributed by atoms with E-state index < -0.39 is 36.9 Å². The lowest BCUT2D eigenvalue weighted by Crippen LogP contribution is -2.45. The Bertz CT molecular complexity index is 2630. The molecule has 3 saturated heterocycles. The Hall–Kier alpha value is -4.90. The van der Waals surface area contributed by atoms with Gasteiger partial charge in [0.25, 0.3) is 5.56 Å². The highest BCUT2D eigenvalue weighted by molar-refractivity contribution is 6.76. The predicted octanol–water partition coefficient (Wildman–Crippen LogP) is 7.71. The van der Waals surface area contributed by atoms with Gasteiger partial charge in [-0.05, 0) is 118 Å². The molecule has 2 amide bonds. The third-order valence-corrected chi connectivity index (χ3v) is 15.6.